The van der Waals surface area contributed by atoms with Crippen molar-refractivity contribution in [3.63, 3.8) is 0 Å². The molecular weight excluding hydrogens is 322 g/mol. The Labute approximate surface area is 154 Å². The Morgan fingerprint density at radius 1 is 1.04 bits per heavy atom. The first-order valence-corrected chi connectivity index (χ1v) is 9.20. The van der Waals surface area contributed by atoms with E-state index >= 15 is 0 Å². The average Bonchev–Trinajstić information content (AvgIpc) is 3.07. The van der Waals surface area contributed by atoms with Crippen LogP contribution in [0.5, 0.6) is 0 Å². The maximum Gasteiger partial charge on any atom is 0.225 e. The number of hydrogen-bond acceptors (Lipinski definition) is 2. The molecule has 4 heteroatoms. The Kier molecular flexibility index (Phi) is 5.84. The molecule has 1 N–H and O–H groups in total. The van der Waals surface area contributed by atoms with Crippen LogP contribution >= 0.6 is 0 Å². The topological polar surface area (TPSA) is 46.9 Å². The Morgan fingerprint density at radius 3 is 2.46 bits per heavy atom. The fourth-order valence-electron chi connectivity index (χ4n) is 2.84. The number of carbonyl (C=O) groups excluding carboxylic acids is 1. The van der Waals surface area contributed by atoms with E-state index in [1.165, 1.54) is 5.56 Å². The molecule has 0 unspecified atom stereocenters. The lowest BCUT2D eigenvalue weighted by molar-refractivity contribution is -0.116. The van der Waals surface area contributed by atoms with Crippen LogP contribution in [0.2, 0.25) is 0 Å². The first-order chi connectivity index (χ1) is 12.7. The van der Waals surface area contributed by atoms with Gasteiger partial charge in [0.15, 0.2) is 0 Å². The van der Waals surface area contributed by atoms with Crippen LogP contribution < -0.4 is 5.32 Å². The highest BCUT2D eigenvalue weighted by Gasteiger charge is 2.13. The lowest BCUT2D eigenvalue weighted by Crippen LogP contribution is -2.14. The molecule has 0 fully saturated rings. The van der Waals surface area contributed by atoms with Crippen LogP contribution in [-0.2, 0) is 4.79 Å². The van der Waals surface area contributed by atoms with E-state index in [1.807, 2.05) is 60.7 Å². The van der Waals surface area contributed by atoms with Gasteiger partial charge < -0.3 is 5.32 Å². The standard InChI is InChI=1S/C22H25N3O/c1-3-4-6-11-22(26)23-21-16-20(18-9-7-5-8-10-18)24-25(21)19-14-12-17(2)13-15-19/h5,7-10,12-16H,3-4,6,11H2,1-2H3,(H,23,26). The third-order valence-electron chi connectivity index (χ3n) is 4.33. The number of hydrogen-bond donors (Lipinski definition) is 1. The fourth-order valence-corrected chi connectivity index (χ4v) is 2.84. The highest BCUT2D eigenvalue weighted by atomic mass is 16.1. The van der Waals surface area contributed by atoms with Crippen LogP contribution in [0.4, 0.5) is 5.82 Å². The summed E-state index contributed by atoms with van der Waals surface area (Å²) in [6.45, 7) is 4.19. The highest BCUT2D eigenvalue weighted by molar-refractivity contribution is 5.90. The number of nitrogens with one attached hydrogen (secondary N) is 1. The summed E-state index contributed by atoms with van der Waals surface area (Å²) in [6.07, 6.45) is 3.62. The molecule has 0 aliphatic carbocycles. The predicted molar refractivity (Wildman–Crippen MR) is 107 cm³/mol. The summed E-state index contributed by atoms with van der Waals surface area (Å²) in [5.41, 5.74) is 3.99. The second-order valence-electron chi connectivity index (χ2n) is 6.53. The van der Waals surface area contributed by atoms with Crippen molar-refractivity contribution in [1.82, 2.24) is 9.78 Å². The number of benzene rings is 2. The third kappa shape index (κ3) is 4.39. The highest BCUT2D eigenvalue weighted by Crippen LogP contribution is 2.25. The van der Waals surface area contributed by atoms with Gasteiger partial charge in [-0.3, -0.25) is 4.79 Å². The van der Waals surface area contributed by atoms with Gasteiger partial charge >= 0.3 is 0 Å². The van der Waals surface area contributed by atoms with E-state index < -0.39 is 0 Å². The van der Waals surface area contributed by atoms with Crippen LogP contribution in [0.3, 0.4) is 0 Å². The van der Waals surface area contributed by atoms with Crippen molar-refractivity contribution in [1.29, 1.82) is 0 Å². The first-order valence-electron chi connectivity index (χ1n) is 9.20. The number of rotatable bonds is 7. The van der Waals surface area contributed by atoms with Crippen molar-refractivity contribution < 1.29 is 4.79 Å². The molecule has 1 aromatic heterocycles. The normalized spacial score (nSPS) is 10.7. The van der Waals surface area contributed by atoms with Gasteiger partial charge in [-0.2, -0.15) is 5.10 Å². The maximum absolute atomic E-state index is 12.3. The molecule has 0 radical (unpaired) electrons. The van der Waals surface area contributed by atoms with Crippen LogP contribution in [0.15, 0.2) is 60.7 Å². The molecule has 0 aliphatic rings. The van der Waals surface area contributed by atoms with E-state index in [1.54, 1.807) is 4.68 Å². The molecule has 0 atom stereocenters. The number of anilines is 1. The van der Waals surface area contributed by atoms with Gasteiger partial charge in [-0.1, -0.05) is 67.8 Å². The third-order valence-corrected chi connectivity index (χ3v) is 4.33. The van der Waals surface area contributed by atoms with Crippen molar-refractivity contribution >= 4 is 11.7 Å². The molecule has 0 saturated heterocycles. The van der Waals surface area contributed by atoms with Gasteiger partial charge in [0.05, 0.1) is 11.4 Å². The quantitative estimate of drug-likeness (QED) is 0.584. The number of carbonyl (C=O) groups is 1. The van der Waals surface area contributed by atoms with Crippen molar-refractivity contribution in [3.8, 4) is 16.9 Å². The van der Waals surface area contributed by atoms with Crippen LogP contribution in [-0.4, -0.2) is 15.7 Å². The average molecular weight is 347 g/mol. The van der Waals surface area contributed by atoms with Gasteiger partial charge in [-0.05, 0) is 25.5 Å². The summed E-state index contributed by atoms with van der Waals surface area (Å²) in [5, 5.41) is 7.77. The lowest BCUT2D eigenvalue weighted by atomic mass is 10.1. The molecule has 0 spiro atoms. The monoisotopic (exact) mass is 347 g/mol. The molecule has 1 heterocycles. The molecule has 0 aliphatic heterocycles. The van der Waals surface area contributed by atoms with E-state index in [4.69, 9.17) is 5.10 Å². The van der Waals surface area contributed by atoms with Crippen molar-refractivity contribution in [2.24, 2.45) is 0 Å². The molecule has 3 rings (SSSR count). The van der Waals surface area contributed by atoms with Gasteiger partial charge in [0, 0.05) is 18.1 Å². The zero-order chi connectivity index (χ0) is 18.4. The summed E-state index contributed by atoms with van der Waals surface area (Å²) in [6, 6.07) is 20.1. The smallest absolute Gasteiger partial charge is 0.225 e. The Balaban J connectivity index is 1.91. The molecular formula is C22H25N3O. The minimum Gasteiger partial charge on any atom is -0.311 e. The minimum atomic E-state index is 0.0336. The molecule has 1 amide bonds. The van der Waals surface area contributed by atoms with E-state index in [2.05, 4.69) is 19.2 Å². The fraction of sp³-hybridized carbons (Fsp3) is 0.273. The largest absolute Gasteiger partial charge is 0.311 e. The van der Waals surface area contributed by atoms with E-state index in [0.717, 1.165) is 36.2 Å². The zero-order valence-corrected chi connectivity index (χ0v) is 15.4. The summed E-state index contributed by atoms with van der Waals surface area (Å²) in [4.78, 5) is 12.3. The number of unbranched alkanes of at least 4 members (excludes halogenated alkanes) is 2. The molecule has 3 aromatic rings. The number of aryl methyl sites for hydroxylation is 1. The minimum absolute atomic E-state index is 0.0336. The van der Waals surface area contributed by atoms with Gasteiger partial charge in [-0.15, -0.1) is 0 Å². The first kappa shape index (κ1) is 17.9. The van der Waals surface area contributed by atoms with E-state index in [9.17, 15) is 4.79 Å². The maximum atomic E-state index is 12.3. The van der Waals surface area contributed by atoms with Gasteiger partial charge in [0.1, 0.15) is 5.82 Å². The zero-order valence-electron chi connectivity index (χ0n) is 15.4. The summed E-state index contributed by atoms with van der Waals surface area (Å²) >= 11 is 0. The lowest BCUT2D eigenvalue weighted by Gasteiger charge is -2.09. The van der Waals surface area contributed by atoms with E-state index in [0.29, 0.717) is 12.2 Å². The van der Waals surface area contributed by atoms with Crippen LogP contribution in [0.25, 0.3) is 16.9 Å². The van der Waals surface area contributed by atoms with Crippen LogP contribution in [0, 0.1) is 6.92 Å². The Hall–Kier alpha value is -2.88. The number of nitrogens with zero attached hydrogens (tertiary/aromatic N) is 2. The molecule has 0 saturated carbocycles. The Morgan fingerprint density at radius 2 is 1.77 bits per heavy atom. The summed E-state index contributed by atoms with van der Waals surface area (Å²) < 4.78 is 1.81. The van der Waals surface area contributed by atoms with Crippen molar-refractivity contribution in [2.45, 2.75) is 39.5 Å². The van der Waals surface area contributed by atoms with Crippen molar-refractivity contribution in [2.75, 3.05) is 5.32 Å². The van der Waals surface area contributed by atoms with Gasteiger partial charge in [-0.25, -0.2) is 4.68 Å². The molecule has 4 nitrogen and oxygen atoms in total. The summed E-state index contributed by atoms with van der Waals surface area (Å²) in [7, 11) is 0. The molecule has 26 heavy (non-hydrogen) atoms. The Bertz CT molecular complexity index is 851. The SMILES string of the molecule is CCCCCC(=O)Nc1cc(-c2ccccc2)nn1-c1ccc(C)cc1. The number of amides is 1. The second kappa shape index (κ2) is 8.48. The van der Waals surface area contributed by atoms with Crippen LogP contribution in [0.1, 0.15) is 38.2 Å². The summed E-state index contributed by atoms with van der Waals surface area (Å²) in [5.74, 6) is 0.737. The van der Waals surface area contributed by atoms with Gasteiger partial charge in [0.25, 0.3) is 0 Å². The molecule has 2 aromatic carbocycles. The van der Waals surface area contributed by atoms with Crippen molar-refractivity contribution in [3.05, 3.63) is 66.2 Å². The van der Waals surface area contributed by atoms with Gasteiger partial charge in [0.2, 0.25) is 5.91 Å². The second-order valence-corrected chi connectivity index (χ2v) is 6.53. The van der Waals surface area contributed by atoms with E-state index in [-0.39, 0.29) is 5.91 Å². The number of aromatic nitrogens is 2. The molecule has 0 bridgehead atoms. The predicted octanol–water partition coefficient (Wildman–Crippen LogP) is 5.37. The molecule has 134 valence electrons.